The molecule has 2 N–H and O–H groups in total. The van der Waals surface area contributed by atoms with Crippen molar-refractivity contribution in [3.8, 4) is 5.75 Å². The van der Waals surface area contributed by atoms with E-state index in [2.05, 4.69) is 35.6 Å². The number of para-hydroxylation sites is 1. The molecule has 2 nitrogen and oxygen atoms in total. The van der Waals surface area contributed by atoms with Crippen molar-refractivity contribution in [2.45, 2.75) is 13.0 Å². The van der Waals surface area contributed by atoms with Crippen LogP contribution in [0.1, 0.15) is 18.5 Å². The summed E-state index contributed by atoms with van der Waals surface area (Å²) in [5.74, 6) is 0.327. The second-order valence-corrected chi connectivity index (χ2v) is 4.99. The predicted octanol–water partition coefficient (Wildman–Crippen LogP) is 4.72. The molecule has 3 aromatic carbocycles. The van der Waals surface area contributed by atoms with E-state index in [9.17, 15) is 5.11 Å². The van der Waals surface area contributed by atoms with E-state index < -0.39 is 0 Å². The zero-order valence-corrected chi connectivity index (χ0v) is 11.4. The molecule has 0 aliphatic heterocycles. The largest absolute Gasteiger partial charge is 0.508 e. The summed E-state index contributed by atoms with van der Waals surface area (Å²) in [4.78, 5) is 0. The minimum atomic E-state index is 0.0531. The van der Waals surface area contributed by atoms with Gasteiger partial charge in [-0.1, -0.05) is 48.5 Å². The number of hydrogen-bond acceptors (Lipinski definition) is 2. The van der Waals surface area contributed by atoms with E-state index in [0.29, 0.717) is 5.75 Å². The summed E-state index contributed by atoms with van der Waals surface area (Å²) in [6.45, 7) is 2.05. The second kappa shape index (κ2) is 5.25. The maximum absolute atomic E-state index is 9.89. The van der Waals surface area contributed by atoms with Gasteiger partial charge in [-0.2, -0.15) is 0 Å². The summed E-state index contributed by atoms with van der Waals surface area (Å²) in [5, 5.41) is 15.8. The van der Waals surface area contributed by atoms with Crippen LogP contribution in [0.5, 0.6) is 5.75 Å². The number of anilines is 1. The van der Waals surface area contributed by atoms with Gasteiger partial charge in [-0.3, -0.25) is 0 Å². The quantitative estimate of drug-likeness (QED) is 0.716. The molecule has 0 aliphatic carbocycles. The number of rotatable bonds is 3. The molecular formula is C18H17NO. The Bertz CT molecular complexity index is 736. The zero-order valence-electron chi connectivity index (χ0n) is 11.4. The maximum atomic E-state index is 9.89. The lowest BCUT2D eigenvalue weighted by Gasteiger charge is -2.17. The minimum absolute atomic E-state index is 0.0531. The third kappa shape index (κ3) is 2.45. The molecule has 3 rings (SSSR count). The SMILES string of the molecule is CC(Nc1ccc2ccccc2c1)c1ccccc1O. The van der Waals surface area contributed by atoms with Crippen LogP contribution in [0.4, 0.5) is 5.69 Å². The lowest BCUT2D eigenvalue weighted by atomic mass is 10.1. The van der Waals surface area contributed by atoms with E-state index in [1.165, 1.54) is 10.8 Å². The maximum Gasteiger partial charge on any atom is 0.120 e. The van der Waals surface area contributed by atoms with Crippen LogP contribution in [0, 0.1) is 0 Å². The summed E-state index contributed by atoms with van der Waals surface area (Å²) < 4.78 is 0. The highest BCUT2D eigenvalue weighted by Crippen LogP contribution is 2.27. The average Bonchev–Trinajstić information content (AvgIpc) is 2.47. The van der Waals surface area contributed by atoms with Crippen LogP contribution >= 0.6 is 0 Å². The number of hydrogen-bond donors (Lipinski definition) is 2. The molecule has 0 saturated carbocycles. The number of aromatic hydroxyl groups is 1. The fraction of sp³-hybridized carbons (Fsp3) is 0.111. The Morgan fingerprint density at radius 1 is 0.850 bits per heavy atom. The third-order valence-electron chi connectivity index (χ3n) is 3.54. The summed E-state index contributed by atoms with van der Waals surface area (Å²) in [6, 6.07) is 22.1. The Morgan fingerprint density at radius 3 is 2.35 bits per heavy atom. The molecule has 100 valence electrons. The van der Waals surface area contributed by atoms with E-state index in [-0.39, 0.29) is 6.04 Å². The van der Waals surface area contributed by atoms with Crippen LogP contribution in [-0.2, 0) is 0 Å². The predicted molar refractivity (Wildman–Crippen MR) is 84.1 cm³/mol. The molecule has 1 unspecified atom stereocenters. The van der Waals surface area contributed by atoms with Gasteiger partial charge in [0.25, 0.3) is 0 Å². The van der Waals surface area contributed by atoms with Gasteiger partial charge in [0.1, 0.15) is 5.75 Å². The highest BCUT2D eigenvalue weighted by atomic mass is 16.3. The fourth-order valence-electron chi connectivity index (χ4n) is 2.46. The van der Waals surface area contributed by atoms with Gasteiger partial charge in [0.2, 0.25) is 0 Å². The van der Waals surface area contributed by atoms with Crippen LogP contribution in [0.3, 0.4) is 0 Å². The van der Waals surface area contributed by atoms with Crippen molar-refractivity contribution in [2.75, 3.05) is 5.32 Å². The number of phenolic OH excluding ortho intramolecular Hbond substituents is 1. The summed E-state index contributed by atoms with van der Waals surface area (Å²) in [6.07, 6.45) is 0. The number of phenols is 1. The standard InChI is InChI=1S/C18H17NO/c1-13(17-8-4-5-9-18(17)20)19-16-11-10-14-6-2-3-7-15(14)12-16/h2-13,19-20H,1H3. The smallest absolute Gasteiger partial charge is 0.120 e. The van der Waals surface area contributed by atoms with Crippen molar-refractivity contribution >= 4 is 16.5 Å². The summed E-state index contributed by atoms with van der Waals surface area (Å²) in [5.41, 5.74) is 1.96. The summed E-state index contributed by atoms with van der Waals surface area (Å²) in [7, 11) is 0. The molecule has 0 heterocycles. The van der Waals surface area contributed by atoms with Gasteiger partial charge in [0.15, 0.2) is 0 Å². The number of benzene rings is 3. The average molecular weight is 263 g/mol. The topological polar surface area (TPSA) is 32.3 Å². The molecule has 0 spiro atoms. The van der Waals surface area contributed by atoms with Gasteiger partial charge in [-0.05, 0) is 35.9 Å². The normalized spacial score (nSPS) is 12.2. The Morgan fingerprint density at radius 2 is 1.55 bits per heavy atom. The van der Waals surface area contributed by atoms with E-state index in [4.69, 9.17) is 0 Å². The Kier molecular flexibility index (Phi) is 3.30. The lowest BCUT2D eigenvalue weighted by Crippen LogP contribution is -2.06. The molecule has 3 aromatic rings. The van der Waals surface area contributed by atoms with E-state index in [1.54, 1.807) is 6.07 Å². The van der Waals surface area contributed by atoms with Crippen molar-refractivity contribution in [1.29, 1.82) is 0 Å². The molecular weight excluding hydrogens is 246 g/mol. The van der Waals surface area contributed by atoms with Crippen LogP contribution < -0.4 is 5.32 Å². The van der Waals surface area contributed by atoms with E-state index in [0.717, 1.165) is 11.3 Å². The van der Waals surface area contributed by atoms with Gasteiger partial charge in [-0.15, -0.1) is 0 Å². The van der Waals surface area contributed by atoms with Crippen molar-refractivity contribution in [3.63, 3.8) is 0 Å². The second-order valence-electron chi connectivity index (χ2n) is 4.99. The lowest BCUT2D eigenvalue weighted by molar-refractivity contribution is 0.465. The van der Waals surface area contributed by atoms with Crippen LogP contribution in [0.2, 0.25) is 0 Å². The molecule has 0 amide bonds. The van der Waals surface area contributed by atoms with Crippen LogP contribution in [0.25, 0.3) is 10.8 Å². The monoisotopic (exact) mass is 263 g/mol. The molecule has 0 saturated heterocycles. The minimum Gasteiger partial charge on any atom is -0.508 e. The molecule has 0 bridgehead atoms. The molecule has 0 aliphatic rings. The molecule has 0 fully saturated rings. The van der Waals surface area contributed by atoms with Gasteiger partial charge >= 0.3 is 0 Å². The first kappa shape index (κ1) is 12.5. The van der Waals surface area contributed by atoms with Crippen molar-refractivity contribution in [3.05, 3.63) is 72.3 Å². The van der Waals surface area contributed by atoms with Crippen LogP contribution in [-0.4, -0.2) is 5.11 Å². The Hall–Kier alpha value is -2.48. The van der Waals surface area contributed by atoms with Crippen molar-refractivity contribution in [1.82, 2.24) is 0 Å². The van der Waals surface area contributed by atoms with Gasteiger partial charge < -0.3 is 10.4 Å². The highest BCUT2D eigenvalue weighted by Gasteiger charge is 2.09. The Balaban J connectivity index is 1.87. The number of fused-ring (bicyclic) bond motifs is 1. The van der Waals surface area contributed by atoms with Gasteiger partial charge in [-0.25, -0.2) is 0 Å². The first-order valence-electron chi connectivity index (χ1n) is 6.77. The third-order valence-corrected chi connectivity index (χ3v) is 3.54. The van der Waals surface area contributed by atoms with Crippen molar-refractivity contribution < 1.29 is 5.11 Å². The molecule has 1 atom stereocenters. The van der Waals surface area contributed by atoms with Crippen LogP contribution in [0.15, 0.2) is 66.7 Å². The Labute approximate surface area is 118 Å². The van der Waals surface area contributed by atoms with Crippen molar-refractivity contribution in [2.24, 2.45) is 0 Å². The molecule has 0 radical (unpaired) electrons. The van der Waals surface area contributed by atoms with E-state index in [1.807, 2.05) is 37.3 Å². The molecule has 20 heavy (non-hydrogen) atoms. The zero-order chi connectivity index (χ0) is 13.9. The molecule has 0 aromatic heterocycles. The molecule has 2 heteroatoms. The summed E-state index contributed by atoms with van der Waals surface area (Å²) >= 11 is 0. The first-order valence-corrected chi connectivity index (χ1v) is 6.77. The van der Waals surface area contributed by atoms with Gasteiger partial charge in [0.05, 0.1) is 6.04 Å². The first-order chi connectivity index (χ1) is 9.74. The number of nitrogens with one attached hydrogen (secondary N) is 1. The highest BCUT2D eigenvalue weighted by molar-refractivity contribution is 5.85. The van der Waals surface area contributed by atoms with E-state index >= 15 is 0 Å². The fourth-order valence-corrected chi connectivity index (χ4v) is 2.46. The van der Waals surface area contributed by atoms with Gasteiger partial charge in [0, 0.05) is 11.3 Å².